The van der Waals surface area contributed by atoms with Gasteiger partial charge in [0.25, 0.3) is 0 Å². The zero-order chi connectivity index (χ0) is 9.97. The Labute approximate surface area is 85.4 Å². The van der Waals surface area contributed by atoms with Gasteiger partial charge < -0.3 is 4.74 Å². The highest BCUT2D eigenvalue weighted by Gasteiger charge is 2.23. The predicted molar refractivity (Wildman–Crippen MR) is 58.2 cm³/mol. The van der Waals surface area contributed by atoms with Crippen LogP contribution in [0.15, 0.2) is 36.9 Å². The molecule has 2 atom stereocenters. The summed E-state index contributed by atoms with van der Waals surface area (Å²) < 4.78 is 5.88. The Balaban J connectivity index is 2.33. The van der Waals surface area contributed by atoms with Gasteiger partial charge in [-0.1, -0.05) is 30.3 Å². The van der Waals surface area contributed by atoms with Gasteiger partial charge in [0.1, 0.15) is 0 Å². The summed E-state index contributed by atoms with van der Waals surface area (Å²) in [5.74, 6) is 0. The Morgan fingerprint density at radius 1 is 1.50 bits per heavy atom. The van der Waals surface area contributed by atoms with E-state index in [1.807, 2.05) is 6.08 Å². The first-order valence-electron chi connectivity index (χ1n) is 5.15. The topological polar surface area (TPSA) is 9.23 Å². The maximum absolute atomic E-state index is 5.88. The summed E-state index contributed by atoms with van der Waals surface area (Å²) in [6.45, 7) is 5.90. The van der Waals surface area contributed by atoms with Crippen LogP contribution < -0.4 is 0 Å². The van der Waals surface area contributed by atoms with Crippen molar-refractivity contribution in [1.29, 1.82) is 0 Å². The van der Waals surface area contributed by atoms with Crippen molar-refractivity contribution in [2.24, 2.45) is 0 Å². The van der Waals surface area contributed by atoms with Crippen LogP contribution in [0, 0.1) is 0 Å². The van der Waals surface area contributed by atoms with Crippen LogP contribution in [-0.2, 0) is 11.2 Å². The lowest BCUT2D eigenvalue weighted by Gasteiger charge is -2.29. The van der Waals surface area contributed by atoms with Crippen LogP contribution >= 0.6 is 0 Å². The van der Waals surface area contributed by atoms with Crippen molar-refractivity contribution in [2.45, 2.75) is 32.0 Å². The second-order valence-electron chi connectivity index (χ2n) is 3.86. The van der Waals surface area contributed by atoms with Crippen LogP contribution in [-0.4, -0.2) is 6.10 Å². The molecule has 74 valence electrons. The van der Waals surface area contributed by atoms with Crippen molar-refractivity contribution in [3.63, 3.8) is 0 Å². The molecule has 1 heteroatoms. The van der Waals surface area contributed by atoms with Gasteiger partial charge in [0.05, 0.1) is 12.2 Å². The van der Waals surface area contributed by atoms with Crippen LogP contribution in [0.5, 0.6) is 0 Å². The molecule has 1 aromatic rings. The number of rotatable bonds is 2. The lowest BCUT2D eigenvalue weighted by Crippen LogP contribution is -2.23. The van der Waals surface area contributed by atoms with Crippen molar-refractivity contribution in [2.75, 3.05) is 0 Å². The quantitative estimate of drug-likeness (QED) is 0.647. The van der Waals surface area contributed by atoms with E-state index in [0.717, 1.165) is 12.8 Å². The van der Waals surface area contributed by atoms with E-state index in [-0.39, 0.29) is 6.10 Å². The molecular weight excluding hydrogens is 172 g/mol. The Kier molecular flexibility index (Phi) is 2.69. The highest BCUT2D eigenvalue weighted by molar-refractivity contribution is 5.31. The zero-order valence-corrected chi connectivity index (χ0v) is 8.57. The third kappa shape index (κ3) is 1.73. The molecule has 0 saturated heterocycles. The summed E-state index contributed by atoms with van der Waals surface area (Å²) in [6.07, 6.45) is 4.41. The molecule has 2 rings (SSSR count). The third-order valence-corrected chi connectivity index (χ3v) is 2.69. The first-order valence-corrected chi connectivity index (χ1v) is 5.15. The van der Waals surface area contributed by atoms with E-state index in [2.05, 4.69) is 37.8 Å². The molecule has 0 radical (unpaired) electrons. The number of fused-ring (bicyclic) bond motifs is 1. The molecule has 0 spiro atoms. The molecular formula is C13H16O. The average molecular weight is 188 g/mol. The minimum absolute atomic E-state index is 0.215. The second kappa shape index (κ2) is 3.97. The summed E-state index contributed by atoms with van der Waals surface area (Å²) >= 11 is 0. The first kappa shape index (κ1) is 9.47. The third-order valence-electron chi connectivity index (χ3n) is 2.69. The molecule has 1 aliphatic rings. The van der Waals surface area contributed by atoms with Crippen molar-refractivity contribution < 1.29 is 4.74 Å². The van der Waals surface area contributed by atoms with E-state index in [1.165, 1.54) is 11.1 Å². The highest BCUT2D eigenvalue weighted by atomic mass is 16.5. The maximum Gasteiger partial charge on any atom is 0.0865 e. The van der Waals surface area contributed by atoms with E-state index in [4.69, 9.17) is 4.74 Å². The monoisotopic (exact) mass is 188 g/mol. The normalized spacial score (nSPS) is 25.5. The number of hydrogen-bond donors (Lipinski definition) is 0. The smallest absolute Gasteiger partial charge is 0.0865 e. The molecule has 0 amide bonds. The van der Waals surface area contributed by atoms with Crippen LogP contribution in [0.4, 0.5) is 0 Å². The molecule has 1 heterocycles. The van der Waals surface area contributed by atoms with Crippen molar-refractivity contribution in [1.82, 2.24) is 0 Å². The Morgan fingerprint density at radius 2 is 2.29 bits per heavy atom. The molecule has 0 fully saturated rings. The van der Waals surface area contributed by atoms with E-state index < -0.39 is 0 Å². The van der Waals surface area contributed by atoms with Crippen LogP contribution in [0.2, 0.25) is 0 Å². The Hall–Kier alpha value is -1.08. The van der Waals surface area contributed by atoms with Crippen molar-refractivity contribution in [3.05, 3.63) is 48.0 Å². The molecule has 0 bridgehead atoms. The number of benzene rings is 1. The fraction of sp³-hybridized carbons (Fsp3) is 0.385. The summed E-state index contributed by atoms with van der Waals surface area (Å²) in [4.78, 5) is 0. The molecule has 1 nitrogen and oxygen atoms in total. The molecule has 1 aromatic carbocycles. The molecule has 0 aromatic heterocycles. The van der Waals surface area contributed by atoms with Gasteiger partial charge in [0.2, 0.25) is 0 Å². The maximum atomic E-state index is 5.88. The Morgan fingerprint density at radius 3 is 3.07 bits per heavy atom. The van der Waals surface area contributed by atoms with Crippen molar-refractivity contribution in [3.8, 4) is 0 Å². The Bertz CT molecular complexity index is 330. The second-order valence-corrected chi connectivity index (χ2v) is 3.86. The fourth-order valence-corrected chi connectivity index (χ4v) is 2.08. The number of ether oxygens (including phenoxy) is 1. The van der Waals surface area contributed by atoms with Crippen molar-refractivity contribution >= 4 is 0 Å². The van der Waals surface area contributed by atoms with E-state index in [0.29, 0.717) is 6.10 Å². The van der Waals surface area contributed by atoms with Gasteiger partial charge in [-0.05, 0) is 30.9 Å². The van der Waals surface area contributed by atoms with Gasteiger partial charge >= 0.3 is 0 Å². The van der Waals surface area contributed by atoms with E-state index >= 15 is 0 Å². The lowest BCUT2D eigenvalue weighted by molar-refractivity contribution is -0.0135. The largest absolute Gasteiger partial charge is 0.370 e. The molecule has 2 unspecified atom stereocenters. The van der Waals surface area contributed by atoms with E-state index in [9.17, 15) is 0 Å². The molecule has 0 aliphatic carbocycles. The molecule has 14 heavy (non-hydrogen) atoms. The highest BCUT2D eigenvalue weighted by Crippen LogP contribution is 2.32. The summed E-state index contributed by atoms with van der Waals surface area (Å²) in [5.41, 5.74) is 2.77. The van der Waals surface area contributed by atoms with Crippen LogP contribution in [0.1, 0.15) is 30.6 Å². The summed E-state index contributed by atoms with van der Waals surface area (Å²) in [7, 11) is 0. The number of hydrogen-bond acceptors (Lipinski definition) is 1. The minimum Gasteiger partial charge on any atom is -0.370 e. The standard InChI is InChI=1S/C13H16O/c1-3-6-13-12-8-5-4-7-11(12)9-10(2)14-13/h3-5,7-8,10,13H,1,6,9H2,2H3. The summed E-state index contributed by atoms with van der Waals surface area (Å²) in [6, 6.07) is 8.54. The first-order chi connectivity index (χ1) is 6.81. The summed E-state index contributed by atoms with van der Waals surface area (Å²) in [5, 5.41) is 0. The molecule has 1 aliphatic heterocycles. The van der Waals surface area contributed by atoms with Gasteiger partial charge in [-0.2, -0.15) is 0 Å². The predicted octanol–water partition coefficient (Wildman–Crippen LogP) is 3.27. The van der Waals surface area contributed by atoms with Gasteiger partial charge in [-0.15, -0.1) is 6.58 Å². The molecule has 0 N–H and O–H groups in total. The zero-order valence-electron chi connectivity index (χ0n) is 8.57. The fourth-order valence-electron chi connectivity index (χ4n) is 2.08. The van der Waals surface area contributed by atoms with Gasteiger partial charge in [0, 0.05) is 0 Å². The lowest BCUT2D eigenvalue weighted by atomic mass is 9.93. The van der Waals surface area contributed by atoms with E-state index in [1.54, 1.807) is 0 Å². The van der Waals surface area contributed by atoms with Gasteiger partial charge in [0.15, 0.2) is 0 Å². The average Bonchev–Trinajstić information content (AvgIpc) is 2.18. The van der Waals surface area contributed by atoms with Crippen LogP contribution in [0.3, 0.4) is 0 Å². The minimum atomic E-state index is 0.215. The van der Waals surface area contributed by atoms with Crippen LogP contribution in [0.25, 0.3) is 0 Å². The SMILES string of the molecule is C=CCC1OC(C)Cc2ccccc21. The molecule has 0 saturated carbocycles. The van der Waals surface area contributed by atoms with Gasteiger partial charge in [-0.25, -0.2) is 0 Å². The van der Waals surface area contributed by atoms with Gasteiger partial charge in [-0.3, -0.25) is 0 Å².